The molecule has 0 fully saturated rings. The third-order valence-corrected chi connectivity index (χ3v) is 3.19. The second-order valence-electron chi connectivity index (χ2n) is 5.74. The van der Waals surface area contributed by atoms with Gasteiger partial charge in [-0.15, -0.1) is 0 Å². The zero-order chi connectivity index (χ0) is 13.1. The van der Waals surface area contributed by atoms with Gasteiger partial charge in [0.15, 0.2) is 0 Å². The van der Waals surface area contributed by atoms with E-state index in [0.29, 0.717) is 5.92 Å². The minimum Gasteiger partial charge on any atom is -0.394 e. The number of nitrogens with one attached hydrogen (secondary N) is 1. The van der Waals surface area contributed by atoms with E-state index in [0.717, 1.165) is 6.54 Å². The molecule has 1 aromatic rings. The lowest BCUT2D eigenvalue weighted by Crippen LogP contribution is -2.42. The number of aliphatic hydroxyl groups is 1. The summed E-state index contributed by atoms with van der Waals surface area (Å²) < 4.78 is 0. The van der Waals surface area contributed by atoms with Crippen LogP contribution in [0.3, 0.4) is 0 Å². The monoisotopic (exact) mass is 235 g/mol. The maximum Gasteiger partial charge on any atom is 0.0607 e. The molecule has 0 aromatic heterocycles. The van der Waals surface area contributed by atoms with Gasteiger partial charge in [0.25, 0.3) is 0 Å². The Kier molecular flexibility index (Phi) is 4.72. The summed E-state index contributed by atoms with van der Waals surface area (Å²) in [5, 5.41) is 12.6. The highest BCUT2D eigenvalue weighted by molar-refractivity contribution is 5.32. The molecular weight excluding hydrogens is 210 g/mol. The van der Waals surface area contributed by atoms with Gasteiger partial charge in [0.05, 0.1) is 6.61 Å². The molecular formula is C15H25NO. The Morgan fingerprint density at radius 3 is 2.47 bits per heavy atom. The van der Waals surface area contributed by atoms with Crippen LogP contribution < -0.4 is 5.32 Å². The molecule has 0 atom stereocenters. The predicted molar refractivity (Wildman–Crippen MR) is 73.3 cm³/mol. The molecule has 1 rings (SSSR count). The van der Waals surface area contributed by atoms with E-state index in [1.807, 2.05) is 13.8 Å². The van der Waals surface area contributed by atoms with Crippen molar-refractivity contribution in [2.75, 3.05) is 6.61 Å². The van der Waals surface area contributed by atoms with Gasteiger partial charge < -0.3 is 10.4 Å². The normalized spacial score (nSPS) is 12.2. The first kappa shape index (κ1) is 14.2. The minimum atomic E-state index is -0.222. The highest BCUT2D eigenvalue weighted by Crippen LogP contribution is 2.19. The zero-order valence-corrected chi connectivity index (χ0v) is 11.7. The maximum absolute atomic E-state index is 9.22. The molecule has 0 spiro atoms. The molecule has 0 aliphatic heterocycles. The van der Waals surface area contributed by atoms with Crippen LogP contribution in [-0.4, -0.2) is 17.3 Å². The zero-order valence-electron chi connectivity index (χ0n) is 11.7. The Labute approximate surface area is 105 Å². The Hall–Kier alpha value is -0.860. The lowest BCUT2D eigenvalue weighted by molar-refractivity contribution is 0.187. The average molecular weight is 235 g/mol. The van der Waals surface area contributed by atoms with Gasteiger partial charge in [0.1, 0.15) is 0 Å². The molecule has 0 bridgehead atoms. The number of hydrogen-bond acceptors (Lipinski definition) is 2. The Morgan fingerprint density at radius 1 is 1.29 bits per heavy atom. The highest BCUT2D eigenvalue weighted by atomic mass is 16.3. The minimum absolute atomic E-state index is 0.149. The van der Waals surface area contributed by atoms with Crippen molar-refractivity contribution >= 4 is 0 Å². The van der Waals surface area contributed by atoms with E-state index in [1.165, 1.54) is 16.7 Å². The van der Waals surface area contributed by atoms with Crippen LogP contribution in [0.15, 0.2) is 18.2 Å². The Bertz CT molecular complexity index is 369. The Morgan fingerprint density at radius 2 is 1.94 bits per heavy atom. The number of rotatable bonds is 5. The van der Waals surface area contributed by atoms with Crippen molar-refractivity contribution in [2.45, 2.75) is 52.6 Å². The lowest BCUT2D eigenvalue weighted by atomic mass is 9.97. The summed E-state index contributed by atoms with van der Waals surface area (Å²) in [6.07, 6.45) is 0. The van der Waals surface area contributed by atoms with Crippen molar-refractivity contribution in [3.05, 3.63) is 34.9 Å². The summed E-state index contributed by atoms with van der Waals surface area (Å²) in [7, 11) is 0. The number of aliphatic hydroxyl groups excluding tert-OH is 1. The van der Waals surface area contributed by atoms with Crippen molar-refractivity contribution in [3.63, 3.8) is 0 Å². The van der Waals surface area contributed by atoms with Crippen LogP contribution in [0.4, 0.5) is 0 Å². The molecule has 1 aromatic carbocycles. The van der Waals surface area contributed by atoms with Crippen LogP contribution in [0.1, 0.15) is 50.3 Å². The molecule has 0 aliphatic carbocycles. The van der Waals surface area contributed by atoms with E-state index in [1.54, 1.807) is 0 Å². The van der Waals surface area contributed by atoms with Crippen LogP contribution in [0.25, 0.3) is 0 Å². The summed E-state index contributed by atoms with van der Waals surface area (Å²) in [4.78, 5) is 0. The van der Waals surface area contributed by atoms with E-state index in [9.17, 15) is 5.11 Å². The van der Waals surface area contributed by atoms with Crippen LogP contribution >= 0.6 is 0 Å². The van der Waals surface area contributed by atoms with Crippen LogP contribution in [-0.2, 0) is 6.54 Å². The molecule has 0 unspecified atom stereocenters. The number of hydrogen-bond donors (Lipinski definition) is 2. The fourth-order valence-electron chi connectivity index (χ4n) is 1.63. The fraction of sp³-hybridized carbons (Fsp3) is 0.600. The molecule has 17 heavy (non-hydrogen) atoms. The first-order valence-electron chi connectivity index (χ1n) is 6.31. The third kappa shape index (κ3) is 4.14. The quantitative estimate of drug-likeness (QED) is 0.822. The lowest BCUT2D eigenvalue weighted by Gasteiger charge is -2.24. The summed E-state index contributed by atoms with van der Waals surface area (Å²) in [5.41, 5.74) is 3.77. The molecule has 2 heteroatoms. The molecule has 2 nitrogen and oxygen atoms in total. The SMILES string of the molecule is Cc1ccc(C(C)C)cc1CNC(C)(C)CO. The molecule has 0 saturated heterocycles. The van der Waals surface area contributed by atoms with Gasteiger partial charge in [-0.3, -0.25) is 0 Å². The van der Waals surface area contributed by atoms with Gasteiger partial charge in [0, 0.05) is 12.1 Å². The topological polar surface area (TPSA) is 32.3 Å². The van der Waals surface area contributed by atoms with Gasteiger partial charge in [0.2, 0.25) is 0 Å². The first-order chi connectivity index (χ1) is 7.85. The van der Waals surface area contributed by atoms with E-state index in [2.05, 4.69) is 44.3 Å². The van der Waals surface area contributed by atoms with Gasteiger partial charge >= 0.3 is 0 Å². The molecule has 0 aliphatic rings. The highest BCUT2D eigenvalue weighted by Gasteiger charge is 2.15. The summed E-state index contributed by atoms with van der Waals surface area (Å²) in [6.45, 7) is 11.5. The molecule has 0 saturated carbocycles. The van der Waals surface area contributed by atoms with Crippen molar-refractivity contribution < 1.29 is 5.11 Å². The van der Waals surface area contributed by atoms with Gasteiger partial charge in [-0.05, 0) is 43.4 Å². The standard InChI is InChI=1S/C15H25NO/c1-11(2)13-7-6-12(3)14(8-13)9-16-15(4,5)10-17/h6-8,11,16-17H,9-10H2,1-5H3. The predicted octanol–water partition coefficient (Wildman–Crippen LogP) is 2.98. The summed E-state index contributed by atoms with van der Waals surface area (Å²) in [5.74, 6) is 0.556. The van der Waals surface area contributed by atoms with Gasteiger partial charge in [-0.25, -0.2) is 0 Å². The second-order valence-corrected chi connectivity index (χ2v) is 5.74. The maximum atomic E-state index is 9.22. The second kappa shape index (κ2) is 5.65. The van der Waals surface area contributed by atoms with Crippen molar-refractivity contribution in [1.29, 1.82) is 0 Å². The van der Waals surface area contributed by atoms with Crippen molar-refractivity contribution in [1.82, 2.24) is 5.32 Å². The molecule has 0 amide bonds. The molecule has 0 radical (unpaired) electrons. The van der Waals surface area contributed by atoms with Crippen LogP contribution in [0.5, 0.6) is 0 Å². The molecule has 2 N–H and O–H groups in total. The molecule has 96 valence electrons. The van der Waals surface area contributed by atoms with Crippen molar-refractivity contribution in [2.24, 2.45) is 0 Å². The smallest absolute Gasteiger partial charge is 0.0607 e. The molecule has 0 heterocycles. The van der Waals surface area contributed by atoms with Crippen molar-refractivity contribution in [3.8, 4) is 0 Å². The fourth-order valence-corrected chi connectivity index (χ4v) is 1.63. The summed E-state index contributed by atoms with van der Waals surface area (Å²) in [6, 6.07) is 6.64. The number of aryl methyl sites for hydroxylation is 1. The van der Waals surface area contributed by atoms with E-state index in [4.69, 9.17) is 0 Å². The largest absolute Gasteiger partial charge is 0.394 e. The Balaban J connectivity index is 2.80. The van der Waals surface area contributed by atoms with Gasteiger partial charge in [-0.1, -0.05) is 32.0 Å². The third-order valence-electron chi connectivity index (χ3n) is 3.19. The van der Waals surface area contributed by atoms with E-state index in [-0.39, 0.29) is 12.1 Å². The number of benzene rings is 1. The van der Waals surface area contributed by atoms with Gasteiger partial charge in [-0.2, -0.15) is 0 Å². The van der Waals surface area contributed by atoms with Crippen LogP contribution in [0.2, 0.25) is 0 Å². The summed E-state index contributed by atoms with van der Waals surface area (Å²) >= 11 is 0. The van der Waals surface area contributed by atoms with Crippen LogP contribution in [0, 0.1) is 6.92 Å². The van der Waals surface area contributed by atoms with E-state index >= 15 is 0 Å². The van der Waals surface area contributed by atoms with E-state index < -0.39 is 0 Å². The average Bonchev–Trinajstić information content (AvgIpc) is 2.27. The first-order valence-corrected chi connectivity index (χ1v) is 6.31.